The number of nitrogens with zero attached hydrogens (tertiary/aromatic N) is 4. The highest BCUT2D eigenvalue weighted by molar-refractivity contribution is 7.14. The van der Waals surface area contributed by atoms with Crippen molar-refractivity contribution in [2.75, 3.05) is 12.4 Å². The lowest BCUT2D eigenvalue weighted by Crippen LogP contribution is -2.12. The molecule has 1 amide bonds. The highest BCUT2D eigenvalue weighted by Gasteiger charge is 2.15. The van der Waals surface area contributed by atoms with Crippen molar-refractivity contribution in [3.63, 3.8) is 0 Å². The Hall–Kier alpha value is -3.33. The molecule has 9 heteroatoms. The van der Waals surface area contributed by atoms with E-state index in [4.69, 9.17) is 4.74 Å². The van der Waals surface area contributed by atoms with Gasteiger partial charge in [0.05, 0.1) is 24.1 Å². The van der Waals surface area contributed by atoms with Gasteiger partial charge in [-0.1, -0.05) is 0 Å². The van der Waals surface area contributed by atoms with Crippen LogP contribution >= 0.6 is 11.3 Å². The van der Waals surface area contributed by atoms with Gasteiger partial charge in [-0.15, -0.1) is 11.3 Å². The van der Waals surface area contributed by atoms with Crippen molar-refractivity contribution in [1.29, 1.82) is 0 Å². The third kappa shape index (κ3) is 3.20. The zero-order valence-corrected chi connectivity index (χ0v) is 16.2. The number of hydrogen-bond acceptors (Lipinski definition) is 6. The van der Waals surface area contributed by atoms with E-state index < -0.39 is 0 Å². The molecule has 4 aromatic rings. The van der Waals surface area contributed by atoms with Crippen LogP contribution in [0.5, 0.6) is 5.75 Å². The van der Waals surface area contributed by atoms with E-state index in [1.54, 1.807) is 29.2 Å². The predicted molar refractivity (Wildman–Crippen MR) is 105 cm³/mol. The fraction of sp³-hybridized carbons (Fsp3) is 0.158. The lowest BCUT2D eigenvalue weighted by Gasteiger charge is -2.06. The number of aromatic nitrogens is 4. The number of thiazole rings is 1. The summed E-state index contributed by atoms with van der Waals surface area (Å²) >= 11 is 1.25. The molecule has 1 aromatic carbocycles. The van der Waals surface area contributed by atoms with Gasteiger partial charge in [0.1, 0.15) is 11.6 Å². The summed E-state index contributed by atoms with van der Waals surface area (Å²) in [5.74, 6) is -0.211. The number of methoxy groups -OCH3 is 1. The SMILES string of the molecule is COc1ccc(F)cc1-c1csc(NC(=O)c2cnc3c(c2)c(C)nn3C)n1. The van der Waals surface area contributed by atoms with Crippen molar-refractivity contribution in [3.05, 3.63) is 52.9 Å². The van der Waals surface area contributed by atoms with Gasteiger partial charge < -0.3 is 4.74 Å². The largest absolute Gasteiger partial charge is 0.496 e. The molecule has 4 rings (SSSR count). The lowest BCUT2D eigenvalue weighted by molar-refractivity contribution is 0.102. The van der Waals surface area contributed by atoms with Gasteiger partial charge in [-0.25, -0.2) is 14.4 Å². The van der Waals surface area contributed by atoms with Crippen LogP contribution in [0.25, 0.3) is 22.3 Å². The van der Waals surface area contributed by atoms with Crippen molar-refractivity contribution in [1.82, 2.24) is 19.7 Å². The van der Waals surface area contributed by atoms with E-state index in [2.05, 4.69) is 20.4 Å². The van der Waals surface area contributed by atoms with Crippen LogP contribution in [-0.2, 0) is 7.05 Å². The Morgan fingerprint density at radius 2 is 2.14 bits per heavy atom. The number of nitrogens with one attached hydrogen (secondary N) is 1. The quantitative estimate of drug-likeness (QED) is 0.566. The van der Waals surface area contributed by atoms with Crippen LogP contribution in [0, 0.1) is 12.7 Å². The molecule has 0 unspecified atom stereocenters. The van der Waals surface area contributed by atoms with E-state index in [1.807, 2.05) is 6.92 Å². The predicted octanol–water partition coefficient (Wildman–Crippen LogP) is 3.80. The van der Waals surface area contributed by atoms with Crippen molar-refractivity contribution >= 4 is 33.4 Å². The molecule has 0 saturated carbocycles. The Morgan fingerprint density at radius 3 is 2.93 bits per heavy atom. The van der Waals surface area contributed by atoms with E-state index in [0.29, 0.717) is 33.3 Å². The van der Waals surface area contributed by atoms with Crippen LogP contribution < -0.4 is 10.1 Å². The van der Waals surface area contributed by atoms with Crippen LogP contribution in [0.2, 0.25) is 0 Å². The van der Waals surface area contributed by atoms with E-state index >= 15 is 0 Å². The minimum absolute atomic E-state index is 0.329. The molecule has 7 nitrogen and oxygen atoms in total. The van der Waals surface area contributed by atoms with Crippen LogP contribution in [-0.4, -0.2) is 32.8 Å². The number of hydrogen-bond donors (Lipinski definition) is 1. The monoisotopic (exact) mass is 397 g/mol. The molecule has 0 fully saturated rings. The summed E-state index contributed by atoms with van der Waals surface area (Å²) in [7, 11) is 3.31. The zero-order chi connectivity index (χ0) is 19.8. The van der Waals surface area contributed by atoms with Crippen LogP contribution in [0.1, 0.15) is 16.1 Å². The van der Waals surface area contributed by atoms with Crippen LogP contribution in [0.15, 0.2) is 35.8 Å². The number of benzene rings is 1. The average Bonchev–Trinajstić information content (AvgIpc) is 3.26. The molecule has 3 aromatic heterocycles. The van der Waals surface area contributed by atoms with Crippen LogP contribution in [0.4, 0.5) is 9.52 Å². The summed E-state index contributed by atoms with van der Waals surface area (Å²) < 4.78 is 20.5. The number of amides is 1. The van der Waals surface area contributed by atoms with E-state index in [9.17, 15) is 9.18 Å². The maximum Gasteiger partial charge on any atom is 0.259 e. The minimum atomic E-state index is -0.388. The molecular weight excluding hydrogens is 381 g/mol. The van der Waals surface area contributed by atoms with Gasteiger partial charge in [-0.3, -0.25) is 14.8 Å². The summed E-state index contributed by atoms with van der Waals surface area (Å²) in [5.41, 5.74) is 2.96. The second-order valence-corrected chi connectivity index (χ2v) is 7.00. The third-order valence-corrected chi connectivity index (χ3v) is 5.05. The summed E-state index contributed by atoms with van der Waals surface area (Å²) in [6, 6.07) is 5.97. The van der Waals surface area contributed by atoms with Crippen molar-refractivity contribution in [3.8, 4) is 17.0 Å². The van der Waals surface area contributed by atoms with Gasteiger partial charge in [0.2, 0.25) is 0 Å². The highest BCUT2D eigenvalue weighted by atomic mass is 32.1. The van der Waals surface area contributed by atoms with Crippen LogP contribution in [0.3, 0.4) is 0 Å². The van der Waals surface area contributed by atoms with Crippen molar-refractivity contribution in [2.45, 2.75) is 6.92 Å². The van der Waals surface area contributed by atoms with E-state index in [1.165, 1.54) is 36.8 Å². The second kappa shape index (κ2) is 7.01. The molecule has 0 aliphatic carbocycles. The van der Waals surface area contributed by atoms with Gasteiger partial charge >= 0.3 is 0 Å². The zero-order valence-electron chi connectivity index (χ0n) is 15.4. The van der Waals surface area contributed by atoms with E-state index in [0.717, 1.165) is 11.1 Å². The Balaban J connectivity index is 1.60. The average molecular weight is 397 g/mol. The number of anilines is 1. The van der Waals surface area contributed by atoms with Crippen molar-refractivity contribution in [2.24, 2.45) is 7.05 Å². The number of halogens is 1. The number of rotatable bonds is 4. The fourth-order valence-electron chi connectivity index (χ4n) is 2.94. The normalized spacial score (nSPS) is 11.0. The molecule has 0 bridgehead atoms. The fourth-order valence-corrected chi connectivity index (χ4v) is 3.64. The van der Waals surface area contributed by atoms with E-state index in [-0.39, 0.29) is 11.7 Å². The first-order valence-electron chi connectivity index (χ1n) is 8.36. The topological polar surface area (TPSA) is 81.9 Å². The summed E-state index contributed by atoms with van der Waals surface area (Å²) in [4.78, 5) is 21.3. The molecule has 0 radical (unpaired) electrons. The molecular formula is C19H16FN5O2S. The Labute approximate surface area is 163 Å². The highest BCUT2D eigenvalue weighted by Crippen LogP contribution is 2.33. The van der Waals surface area contributed by atoms with Gasteiger partial charge in [0.15, 0.2) is 10.8 Å². The smallest absolute Gasteiger partial charge is 0.259 e. The first kappa shape index (κ1) is 18.1. The molecule has 3 heterocycles. The number of pyridine rings is 1. The summed E-state index contributed by atoms with van der Waals surface area (Å²) in [5, 5.41) is 10.0. The minimum Gasteiger partial charge on any atom is -0.496 e. The maximum absolute atomic E-state index is 13.6. The second-order valence-electron chi connectivity index (χ2n) is 6.14. The summed E-state index contributed by atoms with van der Waals surface area (Å²) in [6.45, 7) is 1.87. The molecule has 0 aliphatic heterocycles. The Kier molecular flexibility index (Phi) is 4.52. The molecule has 0 spiro atoms. The Morgan fingerprint density at radius 1 is 1.32 bits per heavy atom. The van der Waals surface area contributed by atoms with Gasteiger partial charge in [-0.2, -0.15) is 5.10 Å². The summed E-state index contributed by atoms with van der Waals surface area (Å²) in [6.07, 6.45) is 1.50. The molecule has 1 N–H and O–H groups in total. The van der Waals surface area contributed by atoms with Crippen molar-refractivity contribution < 1.29 is 13.9 Å². The molecule has 28 heavy (non-hydrogen) atoms. The maximum atomic E-state index is 13.6. The molecule has 0 atom stereocenters. The molecule has 142 valence electrons. The van der Waals surface area contributed by atoms with Gasteiger partial charge in [0.25, 0.3) is 5.91 Å². The number of ether oxygens (including phenoxy) is 1. The number of aryl methyl sites for hydroxylation is 2. The number of fused-ring (bicyclic) bond motifs is 1. The lowest BCUT2D eigenvalue weighted by atomic mass is 10.1. The molecule has 0 saturated heterocycles. The number of carbonyl (C=O) groups excluding carboxylic acids is 1. The Bertz CT molecular complexity index is 1200. The van der Waals surface area contributed by atoms with Gasteiger partial charge in [0, 0.05) is 29.6 Å². The number of carbonyl (C=O) groups is 1. The standard InChI is InChI=1S/C19H16FN5O2S/c1-10-13-6-11(8-21-17(13)25(2)24-10)18(26)23-19-22-15(9-28-19)14-7-12(20)4-5-16(14)27-3/h4-9H,1-3H3,(H,22,23,26). The first-order valence-corrected chi connectivity index (χ1v) is 9.24. The third-order valence-electron chi connectivity index (χ3n) is 4.29. The first-order chi connectivity index (χ1) is 13.5. The van der Waals surface area contributed by atoms with Gasteiger partial charge in [-0.05, 0) is 31.2 Å². The molecule has 0 aliphatic rings.